The Morgan fingerprint density at radius 1 is 1.12 bits per heavy atom. The van der Waals surface area contributed by atoms with Crippen LogP contribution in [0.25, 0.3) is 5.57 Å². The maximum Gasteiger partial charge on any atom is 0.416 e. The van der Waals surface area contributed by atoms with Crippen LogP contribution in [0, 0.1) is 0 Å². The van der Waals surface area contributed by atoms with Crippen LogP contribution in [0.3, 0.4) is 0 Å². The van der Waals surface area contributed by atoms with Crippen LogP contribution < -0.4 is 4.74 Å². The average molecular weight is 461 g/mol. The standard InChI is InChI=1S/C27H31F3O3/c1-15(2)19-13-21-24(20(31)14-26(3,4)33-21)22(16-7-5-6-8-16)23(19)25(32)17-9-11-18(12-10-17)27(28,29)30/h7,9-13,15,20,25,31-32H,5-6,8,14H2,1-4H3/t20-,25?/m0/s1. The predicted molar refractivity (Wildman–Crippen MR) is 122 cm³/mol. The molecule has 3 nitrogen and oxygen atoms in total. The van der Waals surface area contributed by atoms with Crippen molar-refractivity contribution in [2.75, 3.05) is 0 Å². The van der Waals surface area contributed by atoms with E-state index < -0.39 is 29.5 Å². The van der Waals surface area contributed by atoms with Gasteiger partial charge in [0.25, 0.3) is 0 Å². The SMILES string of the molecule is CC(C)c1cc2c(c(C3=CCCC3)c1C(O)c1ccc(C(F)(F)F)cc1)[C@@H](O)CC(C)(C)O2. The van der Waals surface area contributed by atoms with E-state index in [2.05, 4.69) is 6.08 Å². The molecule has 1 aliphatic carbocycles. The van der Waals surface area contributed by atoms with Crippen molar-refractivity contribution in [2.24, 2.45) is 0 Å². The van der Waals surface area contributed by atoms with Crippen LogP contribution >= 0.6 is 0 Å². The van der Waals surface area contributed by atoms with Crippen LogP contribution in [0.15, 0.2) is 36.4 Å². The summed E-state index contributed by atoms with van der Waals surface area (Å²) in [6.45, 7) is 7.91. The molecule has 1 aliphatic heterocycles. The number of rotatable bonds is 4. The predicted octanol–water partition coefficient (Wildman–Crippen LogP) is 7.07. The summed E-state index contributed by atoms with van der Waals surface area (Å²) in [7, 11) is 0. The third kappa shape index (κ3) is 4.56. The Morgan fingerprint density at radius 2 is 1.79 bits per heavy atom. The Labute approximate surface area is 192 Å². The van der Waals surface area contributed by atoms with Gasteiger partial charge in [-0.2, -0.15) is 13.2 Å². The Hall–Kier alpha value is -2.31. The number of aliphatic hydroxyl groups excluding tert-OH is 2. The van der Waals surface area contributed by atoms with Gasteiger partial charge in [0, 0.05) is 12.0 Å². The molecule has 2 aromatic rings. The zero-order valence-corrected chi connectivity index (χ0v) is 19.5. The molecule has 0 radical (unpaired) electrons. The first-order chi connectivity index (χ1) is 15.4. The lowest BCUT2D eigenvalue weighted by Gasteiger charge is -2.39. The Balaban J connectivity index is 1.94. The van der Waals surface area contributed by atoms with E-state index in [1.165, 1.54) is 12.1 Å². The highest BCUT2D eigenvalue weighted by Gasteiger charge is 2.38. The van der Waals surface area contributed by atoms with Gasteiger partial charge in [0.05, 0.1) is 11.7 Å². The fraction of sp³-hybridized carbons (Fsp3) is 0.481. The van der Waals surface area contributed by atoms with Crippen molar-refractivity contribution in [2.45, 2.75) is 83.3 Å². The third-order valence-corrected chi connectivity index (χ3v) is 6.62. The van der Waals surface area contributed by atoms with Crippen LogP contribution in [0.4, 0.5) is 13.2 Å². The van der Waals surface area contributed by atoms with E-state index in [1.54, 1.807) is 0 Å². The first kappa shape index (κ1) is 23.8. The molecule has 0 saturated carbocycles. The lowest BCUT2D eigenvalue weighted by Crippen LogP contribution is -2.35. The zero-order valence-electron chi connectivity index (χ0n) is 19.5. The Kier molecular flexibility index (Phi) is 6.12. The average Bonchev–Trinajstić information content (AvgIpc) is 3.25. The molecule has 0 amide bonds. The minimum Gasteiger partial charge on any atom is -0.487 e. The quantitative estimate of drug-likeness (QED) is 0.513. The van der Waals surface area contributed by atoms with E-state index in [0.717, 1.165) is 48.1 Å². The van der Waals surface area contributed by atoms with E-state index in [1.807, 2.05) is 33.8 Å². The second kappa shape index (κ2) is 8.48. The first-order valence-corrected chi connectivity index (χ1v) is 11.5. The number of aliphatic hydroxyl groups is 2. The van der Waals surface area contributed by atoms with Crippen LogP contribution in [-0.4, -0.2) is 15.8 Å². The van der Waals surface area contributed by atoms with E-state index in [4.69, 9.17) is 4.74 Å². The van der Waals surface area contributed by atoms with E-state index in [0.29, 0.717) is 28.9 Å². The number of hydrogen-bond acceptors (Lipinski definition) is 3. The molecule has 2 aliphatic rings. The van der Waals surface area contributed by atoms with E-state index >= 15 is 0 Å². The summed E-state index contributed by atoms with van der Waals surface area (Å²) in [6, 6.07) is 6.56. The number of alkyl halides is 3. The molecule has 2 aromatic carbocycles. The lowest BCUT2D eigenvalue weighted by molar-refractivity contribution is -0.137. The van der Waals surface area contributed by atoms with Crippen molar-refractivity contribution in [3.8, 4) is 5.75 Å². The molecule has 0 spiro atoms. The number of allylic oxidation sites excluding steroid dienone is 2. The second-order valence-corrected chi connectivity index (χ2v) is 10.0. The fourth-order valence-electron chi connectivity index (χ4n) is 5.07. The van der Waals surface area contributed by atoms with Crippen LogP contribution in [0.1, 0.15) is 105 Å². The molecule has 4 rings (SSSR count). The van der Waals surface area contributed by atoms with Crippen LogP contribution in [0.5, 0.6) is 5.75 Å². The molecule has 2 N–H and O–H groups in total. The molecular formula is C27H31F3O3. The van der Waals surface area contributed by atoms with E-state index in [-0.39, 0.29) is 5.92 Å². The summed E-state index contributed by atoms with van der Waals surface area (Å²) in [5.41, 5.74) is 3.14. The zero-order chi connectivity index (χ0) is 24.1. The van der Waals surface area contributed by atoms with Gasteiger partial charge < -0.3 is 14.9 Å². The number of ether oxygens (including phenoxy) is 1. The normalized spacial score (nSPS) is 20.9. The van der Waals surface area contributed by atoms with Crippen molar-refractivity contribution in [3.05, 3.63) is 69.8 Å². The molecule has 0 bridgehead atoms. The number of hydrogen-bond donors (Lipinski definition) is 2. The minimum atomic E-state index is -4.44. The van der Waals surface area contributed by atoms with Crippen LogP contribution in [-0.2, 0) is 6.18 Å². The van der Waals surface area contributed by atoms with Gasteiger partial charge in [0.1, 0.15) is 17.5 Å². The highest BCUT2D eigenvalue weighted by Crippen LogP contribution is 2.50. The monoisotopic (exact) mass is 460 g/mol. The molecule has 0 saturated heterocycles. The van der Waals surface area contributed by atoms with Crippen molar-refractivity contribution < 1.29 is 28.1 Å². The smallest absolute Gasteiger partial charge is 0.416 e. The largest absolute Gasteiger partial charge is 0.487 e. The van der Waals surface area contributed by atoms with Gasteiger partial charge in [-0.15, -0.1) is 0 Å². The van der Waals surface area contributed by atoms with Gasteiger partial charge in [-0.25, -0.2) is 0 Å². The van der Waals surface area contributed by atoms with Gasteiger partial charge in [-0.3, -0.25) is 0 Å². The lowest BCUT2D eigenvalue weighted by atomic mass is 9.78. The molecule has 1 heterocycles. The second-order valence-electron chi connectivity index (χ2n) is 10.0. The minimum absolute atomic E-state index is 0.0286. The van der Waals surface area contributed by atoms with E-state index in [9.17, 15) is 23.4 Å². The maximum absolute atomic E-state index is 13.1. The van der Waals surface area contributed by atoms with Gasteiger partial charge in [-0.05, 0) is 85.1 Å². The molecular weight excluding hydrogens is 429 g/mol. The molecule has 0 aromatic heterocycles. The number of halogens is 3. The summed E-state index contributed by atoms with van der Waals surface area (Å²) >= 11 is 0. The fourth-order valence-corrected chi connectivity index (χ4v) is 5.07. The van der Waals surface area contributed by atoms with Crippen LogP contribution in [0.2, 0.25) is 0 Å². The number of fused-ring (bicyclic) bond motifs is 1. The van der Waals surface area contributed by atoms with Gasteiger partial charge in [0.2, 0.25) is 0 Å². The number of benzene rings is 2. The molecule has 178 valence electrons. The van der Waals surface area contributed by atoms with Crippen molar-refractivity contribution in [3.63, 3.8) is 0 Å². The summed E-state index contributed by atoms with van der Waals surface area (Å²) in [4.78, 5) is 0. The van der Waals surface area contributed by atoms with Crippen molar-refractivity contribution in [1.29, 1.82) is 0 Å². The highest BCUT2D eigenvalue weighted by molar-refractivity contribution is 5.77. The van der Waals surface area contributed by atoms with Crippen molar-refractivity contribution in [1.82, 2.24) is 0 Å². The van der Waals surface area contributed by atoms with Crippen molar-refractivity contribution >= 4 is 5.57 Å². The summed E-state index contributed by atoms with van der Waals surface area (Å²) < 4.78 is 45.5. The highest BCUT2D eigenvalue weighted by atomic mass is 19.4. The van der Waals surface area contributed by atoms with Gasteiger partial charge in [-0.1, -0.05) is 32.1 Å². The third-order valence-electron chi connectivity index (χ3n) is 6.62. The summed E-state index contributed by atoms with van der Waals surface area (Å²) in [5.74, 6) is 0.648. The molecule has 0 fully saturated rings. The van der Waals surface area contributed by atoms with Gasteiger partial charge >= 0.3 is 6.18 Å². The topological polar surface area (TPSA) is 49.7 Å². The Morgan fingerprint density at radius 3 is 2.33 bits per heavy atom. The Bertz CT molecular complexity index is 1070. The maximum atomic E-state index is 13.1. The first-order valence-electron chi connectivity index (χ1n) is 11.5. The summed E-state index contributed by atoms with van der Waals surface area (Å²) in [5, 5.41) is 22.7. The summed E-state index contributed by atoms with van der Waals surface area (Å²) in [6.07, 6.45) is -1.08. The molecule has 6 heteroatoms. The molecule has 2 atom stereocenters. The molecule has 33 heavy (non-hydrogen) atoms. The molecule has 1 unspecified atom stereocenters. The van der Waals surface area contributed by atoms with Gasteiger partial charge in [0.15, 0.2) is 0 Å².